The molecule has 0 unspecified atom stereocenters. The maximum atomic E-state index is 14.0. The van der Waals surface area contributed by atoms with Crippen molar-refractivity contribution in [3.8, 4) is 0 Å². The van der Waals surface area contributed by atoms with Gasteiger partial charge in [-0.15, -0.1) is 0 Å². The van der Waals surface area contributed by atoms with Gasteiger partial charge in [-0.05, 0) is 48.5 Å². The molecule has 1 aliphatic rings. The molecule has 2 N–H and O–H groups in total. The summed E-state index contributed by atoms with van der Waals surface area (Å²) in [7, 11) is -3.94. The van der Waals surface area contributed by atoms with Gasteiger partial charge >= 0.3 is 0 Å². The first-order chi connectivity index (χ1) is 18.7. The van der Waals surface area contributed by atoms with E-state index in [2.05, 4.69) is 19.9 Å². The molecule has 1 amide bonds. The van der Waals surface area contributed by atoms with Crippen LogP contribution >= 0.6 is 11.3 Å². The minimum atomic E-state index is -3.94. The Morgan fingerprint density at radius 1 is 0.949 bits per heavy atom. The zero-order chi connectivity index (χ0) is 27.6. The lowest BCUT2D eigenvalue weighted by Crippen LogP contribution is -2.48. The number of carbonyl (C=O) groups excluding carboxylic acids is 1. The molecule has 5 rings (SSSR count). The molecule has 1 saturated heterocycles. The van der Waals surface area contributed by atoms with Crippen molar-refractivity contribution in [2.45, 2.75) is 4.90 Å². The lowest BCUT2D eigenvalue weighted by molar-refractivity contribution is 0.0947. The fraction of sp³-hybridized carbons (Fsp3) is 0.231. The second kappa shape index (κ2) is 11.2. The van der Waals surface area contributed by atoms with Gasteiger partial charge in [-0.1, -0.05) is 17.4 Å². The van der Waals surface area contributed by atoms with E-state index in [9.17, 15) is 26.4 Å². The van der Waals surface area contributed by atoms with Crippen molar-refractivity contribution in [2.75, 3.05) is 48.9 Å². The second-order valence-electron chi connectivity index (χ2n) is 8.96. The summed E-state index contributed by atoms with van der Waals surface area (Å²) in [5, 5.41) is 3.50. The maximum absolute atomic E-state index is 14.0. The minimum Gasteiger partial charge on any atom is -0.351 e. The molecule has 13 heteroatoms. The van der Waals surface area contributed by atoms with Crippen LogP contribution in [-0.2, 0) is 10.0 Å². The van der Waals surface area contributed by atoms with Gasteiger partial charge in [-0.25, -0.2) is 26.6 Å². The SMILES string of the molecule is O=C(NCCN1CCN(c2nc3c(F)cc(F)cc3s2)CC1)c1cccc(NS(=O)(=O)c2ccc(F)cc2)c1. The Kier molecular flexibility index (Phi) is 7.73. The van der Waals surface area contributed by atoms with Gasteiger partial charge in [0.05, 0.1) is 9.60 Å². The summed E-state index contributed by atoms with van der Waals surface area (Å²) in [6, 6.07) is 12.7. The number of halogens is 3. The number of benzene rings is 3. The number of anilines is 2. The highest BCUT2D eigenvalue weighted by Crippen LogP contribution is 2.31. The molecule has 4 aromatic rings. The molecule has 204 valence electrons. The molecule has 39 heavy (non-hydrogen) atoms. The van der Waals surface area contributed by atoms with E-state index in [1.54, 1.807) is 12.1 Å². The molecule has 0 radical (unpaired) electrons. The minimum absolute atomic E-state index is 0.0944. The van der Waals surface area contributed by atoms with E-state index >= 15 is 0 Å². The summed E-state index contributed by atoms with van der Waals surface area (Å²) in [6.07, 6.45) is 0. The number of sulfonamides is 1. The Labute approximate surface area is 227 Å². The fourth-order valence-corrected chi connectivity index (χ4v) is 6.33. The van der Waals surface area contributed by atoms with E-state index in [1.807, 2.05) is 4.90 Å². The van der Waals surface area contributed by atoms with E-state index < -0.39 is 27.5 Å². The Balaban J connectivity index is 1.11. The third-order valence-electron chi connectivity index (χ3n) is 6.26. The molecule has 0 bridgehead atoms. The number of nitrogens with zero attached hydrogens (tertiary/aromatic N) is 3. The van der Waals surface area contributed by atoms with Crippen LogP contribution in [0.2, 0.25) is 0 Å². The molecule has 2 heterocycles. The molecule has 0 aliphatic carbocycles. The fourth-order valence-electron chi connectivity index (χ4n) is 4.22. The topological polar surface area (TPSA) is 94.6 Å². The van der Waals surface area contributed by atoms with E-state index in [0.717, 1.165) is 30.3 Å². The van der Waals surface area contributed by atoms with Crippen molar-refractivity contribution in [1.29, 1.82) is 0 Å². The van der Waals surface area contributed by atoms with Gasteiger partial charge in [0, 0.05) is 56.6 Å². The van der Waals surface area contributed by atoms with E-state index in [-0.39, 0.29) is 22.0 Å². The number of hydrogen-bond acceptors (Lipinski definition) is 7. The van der Waals surface area contributed by atoms with Crippen LogP contribution in [0.25, 0.3) is 10.2 Å². The highest BCUT2D eigenvalue weighted by atomic mass is 32.2. The highest BCUT2D eigenvalue weighted by molar-refractivity contribution is 7.92. The average Bonchev–Trinajstić information content (AvgIpc) is 3.34. The van der Waals surface area contributed by atoms with Crippen LogP contribution in [0.4, 0.5) is 24.0 Å². The number of nitrogens with one attached hydrogen (secondary N) is 2. The van der Waals surface area contributed by atoms with Gasteiger partial charge in [0.1, 0.15) is 17.2 Å². The second-order valence-corrected chi connectivity index (χ2v) is 11.6. The summed E-state index contributed by atoms with van der Waals surface area (Å²) in [5.74, 6) is -2.19. The number of piperazine rings is 1. The number of hydrogen-bond donors (Lipinski definition) is 2. The van der Waals surface area contributed by atoms with Crippen molar-refractivity contribution in [1.82, 2.24) is 15.2 Å². The molecule has 0 saturated carbocycles. The van der Waals surface area contributed by atoms with Crippen molar-refractivity contribution in [3.05, 3.63) is 83.7 Å². The average molecular weight is 576 g/mol. The van der Waals surface area contributed by atoms with Gasteiger partial charge in [0.15, 0.2) is 10.9 Å². The highest BCUT2D eigenvalue weighted by Gasteiger charge is 2.21. The van der Waals surface area contributed by atoms with Crippen LogP contribution in [0.5, 0.6) is 0 Å². The van der Waals surface area contributed by atoms with Gasteiger partial charge in [0.2, 0.25) is 0 Å². The monoisotopic (exact) mass is 575 g/mol. The summed E-state index contributed by atoms with van der Waals surface area (Å²) in [5.41, 5.74) is 0.674. The van der Waals surface area contributed by atoms with Gasteiger partial charge < -0.3 is 10.2 Å². The van der Waals surface area contributed by atoms with Crippen LogP contribution in [0.3, 0.4) is 0 Å². The summed E-state index contributed by atoms with van der Waals surface area (Å²) < 4.78 is 68.6. The lowest BCUT2D eigenvalue weighted by Gasteiger charge is -2.34. The summed E-state index contributed by atoms with van der Waals surface area (Å²) in [6.45, 7) is 3.74. The van der Waals surface area contributed by atoms with Crippen LogP contribution in [0.15, 0.2) is 65.6 Å². The van der Waals surface area contributed by atoms with Crippen LogP contribution < -0.4 is 14.9 Å². The molecule has 1 fully saturated rings. The first-order valence-electron chi connectivity index (χ1n) is 12.1. The van der Waals surface area contributed by atoms with E-state index in [0.29, 0.717) is 54.7 Å². The number of rotatable bonds is 8. The Hall–Kier alpha value is -3.68. The summed E-state index contributed by atoms with van der Waals surface area (Å²) in [4.78, 5) is 21.1. The number of thiazole rings is 1. The smallest absolute Gasteiger partial charge is 0.261 e. The molecular formula is C26H24F3N5O3S2. The molecule has 0 atom stereocenters. The van der Waals surface area contributed by atoms with Crippen molar-refractivity contribution in [3.63, 3.8) is 0 Å². The molecule has 1 aromatic heterocycles. The first kappa shape index (κ1) is 26.9. The molecule has 3 aromatic carbocycles. The standard InChI is InChI=1S/C26H24F3N5O3S2/c27-18-4-6-21(7-5-18)39(36,37)32-20-3-1-2-17(14-20)25(35)30-8-9-33-10-12-34(13-11-33)26-31-24-22(29)15-19(28)16-23(24)38-26/h1-7,14-16,32H,8-13H2,(H,30,35). The Bertz CT molecular complexity index is 1610. The zero-order valence-electron chi connectivity index (χ0n) is 20.5. The molecule has 0 spiro atoms. The van der Waals surface area contributed by atoms with Crippen LogP contribution in [0, 0.1) is 17.5 Å². The quantitative estimate of drug-likeness (QED) is 0.329. The largest absolute Gasteiger partial charge is 0.351 e. The third-order valence-corrected chi connectivity index (χ3v) is 8.72. The van der Waals surface area contributed by atoms with Gasteiger partial charge in [-0.3, -0.25) is 14.4 Å². The van der Waals surface area contributed by atoms with Gasteiger partial charge in [-0.2, -0.15) is 0 Å². The molecular weight excluding hydrogens is 551 g/mol. The lowest BCUT2D eigenvalue weighted by atomic mass is 10.2. The van der Waals surface area contributed by atoms with Gasteiger partial charge in [0.25, 0.3) is 15.9 Å². The first-order valence-corrected chi connectivity index (χ1v) is 14.4. The Morgan fingerprint density at radius 3 is 2.44 bits per heavy atom. The van der Waals surface area contributed by atoms with E-state index in [4.69, 9.17) is 0 Å². The maximum Gasteiger partial charge on any atom is 0.261 e. The van der Waals surface area contributed by atoms with Crippen molar-refractivity contribution in [2.24, 2.45) is 0 Å². The van der Waals surface area contributed by atoms with Crippen molar-refractivity contribution < 1.29 is 26.4 Å². The molecule has 8 nitrogen and oxygen atoms in total. The number of carbonyl (C=O) groups is 1. The number of fused-ring (bicyclic) bond motifs is 1. The predicted octanol–water partition coefficient (Wildman–Crippen LogP) is 4.07. The number of amides is 1. The third kappa shape index (κ3) is 6.32. The Morgan fingerprint density at radius 2 is 1.69 bits per heavy atom. The van der Waals surface area contributed by atoms with Crippen LogP contribution in [0.1, 0.15) is 10.4 Å². The molecule has 1 aliphatic heterocycles. The number of aromatic nitrogens is 1. The van der Waals surface area contributed by atoms with Crippen molar-refractivity contribution >= 4 is 48.3 Å². The summed E-state index contributed by atoms with van der Waals surface area (Å²) >= 11 is 1.26. The van der Waals surface area contributed by atoms with E-state index in [1.165, 1.54) is 29.5 Å². The zero-order valence-corrected chi connectivity index (χ0v) is 22.2. The van der Waals surface area contributed by atoms with Crippen LogP contribution in [-0.4, -0.2) is 63.5 Å². The normalized spacial score (nSPS) is 14.5. The predicted molar refractivity (Wildman–Crippen MR) is 144 cm³/mol.